The van der Waals surface area contributed by atoms with Gasteiger partial charge in [0.1, 0.15) is 5.75 Å². The number of fused-ring (bicyclic) bond motifs is 1. The minimum Gasteiger partial charge on any atom is -0.497 e. The van der Waals surface area contributed by atoms with Gasteiger partial charge >= 0.3 is 0 Å². The first-order valence-electron chi connectivity index (χ1n) is 5.98. The molecule has 0 spiro atoms. The zero-order valence-electron chi connectivity index (χ0n) is 10.5. The summed E-state index contributed by atoms with van der Waals surface area (Å²) in [5, 5.41) is 9.21. The predicted octanol–water partition coefficient (Wildman–Crippen LogP) is 2.49. The van der Waals surface area contributed by atoms with Gasteiger partial charge in [-0.1, -0.05) is 12.1 Å². The molecule has 0 bridgehead atoms. The molecule has 1 aromatic carbocycles. The third-order valence-electron chi connectivity index (χ3n) is 3.03. The van der Waals surface area contributed by atoms with Crippen LogP contribution in [0.5, 0.6) is 5.75 Å². The fourth-order valence-electron chi connectivity index (χ4n) is 2.02. The highest BCUT2D eigenvalue weighted by molar-refractivity contribution is 7.17. The Kier molecular flexibility index (Phi) is 3.23. The second-order valence-corrected chi connectivity index (χ2v) is 5.38. The Bertz CT molecular complexity index is 685. The number of thiazole rings is 1. The molecular formula is C14H14N2O2S. The zero-order chi connectivity index (χ0) is 13.2. The number of hydrogen-bond donors (Lipinski definition) is 1. The minimum absolute atomic E-state index is 0.0138. The number of imidazole rings is 1. The summed E-state index contributed by atoms with van der Waals surface area (Å²) in [5.74, 6) is 0.868. The number of rotatable bonds is 4. The lowest BCUT2D eigenvalue weighted by molar-refractivity contribution is 0.276. The Balaban J connectivity index is 1.85. The molecule has 0 amide bonds. The maximum atomic E-state index is 9.21. The molecule has 1 N–H and O–H groups in total. The number of nitrogens with zero attached hydrogens (tertiary/aromatic N) is 2. The standard InChI is InChI=1S/C14H14N2O2S/c1-18-12-4-2-10(3-5-12)6-13-8-16-11(9-17)7-15-14(16)19-13/h2-5,7-8,17H,6,9H2,1H3. The van der Waals surface area contributed by atoms with Crippen molar-refractivity contribution >= 4 is 16.3 Å². The maximum absolute atomic E-state index is 9.21. The van der Waals surface area contributed by atoms with Crippen LogP contribution in [0.1, 0.15) is 16.1 Å². The van der Waals surface area contributed by atoms with E-state index in [1.807, 2.05) is 22.7 Å². The van der Waals surface area contributed by atoms with Crippen LogP contribution >= 0.6 is 11.3 Å². The topological polar surface area (TPSA) is 46.8 Å². The molecule has 2 aromatic heterocycles. The number of benzene rings is 1. The fourth-order valence-corrected chi connectivity index (χ4v) is 3.03. The number of aliphatic hydroxyl groups excluding tert-OH is 1. The van der Waals surface area contributed by atoms with Crippen molar-refractivity contribution in [1.29, 1.82) is 0 Å². The molecule has 0 aliphatic carbocycles. The van der Waals surface area contributed by atoms with Gasteiger partial charge in [0, 0.05) is 17.5 Å². The van der Waals surface area contributed by atoms with Crippen LogP contribution in [-0.2, 0) is 13.0 Å². The molecule has 19 heavy (non-hydrogen) atoms. The van der Waals surface area contributed by atoms with E-state index in [0.717, 1.165) is 22.8 Å². The lowest BCUT2D eigenvalue weighted by atomic mass is 10.1. The Hall–Kier alpha value is -1.85. The number of methoxy groups -OCH3 is 1. The third kappa shape index (κ3) is 2.34. The van der Waals surface area contributed by atoms with E-state index >= 15 is 0 Å². The van der Waals surface area contributed by atoms with Crippen molar-refractivity contribution in [2.24, 2.45) is 0 Å². The van der Waals surface area contributed by atoms with E-state index in [0.29, 0.717) is 0 Å². The van der Waals surface area contributed by atoms with E-state index in [2.05, 4.69) is 17.1 Å². The summed E-state index contributed by atoms with van der Waals surface area (Å²) in [4.78, 5) is 6.43. The number of ether oxygens (including phenoxy) is 1. The normalized spacial score (nSPS) is 11.1. The van der Waals surface area contributed by atoms with Crippen molar-refractivity contribution in [3.8, 4) is 5.75 Å². The SMILES string of the molecule is COc1ccc(Cc2cn3c(CO)cnc3s2)cc1. The quantitative estimate of drug-likeness (QED) is 0.795. The Labute approximate surface area is 114 Å². The van der Waals surface area contributed by atoms with Gasteiger partial charge in [0.15, 0.2) is 4.96 Å². The van der Waals surface area contributed by atoms with E-state index in [1.54, 1.807) is 24.6 Å². The molecule has 0 aliphatic heterocycles. The summed E-state index contributed by atoms with van der Waals surface area (Å²) in [5.41, 5.74) is 2.06. The summed E-state index contributed by atoms with van der Waals surface area (Å²) < 4.78 is 7.09. The highest BCUT2D eigenvalue weighted by Crippen LogP contribution is 2.22. The molecule has 0 fully saturated rings. The van der Waals surface area contributed by atoms with Crippen LogP contribution in [0.3, 0.4) is 0 Å². The van der Waals surface area contributed by atoms with Crippen molar-refractivity contribution in [2.75, 3.05) is 7.11 Å². The lowest BCUT2D eigenvalue weighted by Crippen LogP contribution is -1.89. The molecule has 98 valence electrons. The van der Waals surface area contributed by atoms with E-state index in [4.69, 9.17) is 4.74 Å². The number of aliphatic hydroxyl groups is 1. The largest absolute Gasteiger partial charge is 0.497 e. The first-order valence-corrected chi connectivity index (χ1v) is 6.80. The lowest BCUT2D eigenvalue weighted by Gasteiger charge is -2.01. The molecule has 0 radical (unpaired) electrons. The van der Waals surface area contributed by atoms with Gasteiger partial charge in [-0.05, 0) is 17.7 Å². The summed E-state index contributed by atoms with van der Waals surface area (Å²) in [6.45, 7) is 0.0138. The van der Waals surface area contributed by atoms with Crippen molar-refractivity contribution in [3.05, 3.63) is 52.8 Å². The number of hydrogen-bond acceptors (Lipinski definition) is 4. The molecule has 3 rings (SSSR count). The van der Waals surface area contributed by atoms with Crippen LogP contribution in [0.2, 0.25) is 0 Å². The first-order chi connectivity index (χ1) is 9.30. The van der Waals surface area contributed by atoms with E-state index in [-0.39, 0.29) is 6.61 Å². The fraction of sp³-hybridized carbons (Fsp3) is 0.214. The van der Waals surface area contributed by atoms with E-state index < -0.39 is 0 Å². The Morgan fingerprint density at radius 1 is 1.32 bits per heavy atom. The van der Waals surface area contributed by atoms with Crippen LogP contribution in [0, 0.1) is 0 Å². The highest BCUT2D eigenvalue weighted by Gasteiger charge is 2.07. The summed E-state index contributed by atoms with van der Waals surface area (Å²) in [7, 11) is 1.67. The van der Waals surface area contributed by atoms with Gasteiger partial charge in [-0.15, -0.1) is 11.3 Å². The third-order valence-corrected chi connectivity index (χ3v) is 4.03. The van der Waals surface area contributed by atoms with Crippen LogP contribution in [0.4, 0.5) is 0 Å². The van der Waals surface area contributed by atoms with Gasteiger partial charge in [-0.2, -0.15) is 0 Å². The van der Waals surface area contributed by atoms with Crippen molar-refractivity contribution in [2.45, 2.75) is 13.0 Å². The van der Waals surface area contributed by atoms with Gasteiger partial charge in [-0.25, -0.2) is 4.98 Å². The molecule has 0 saturated carbocycles. The van der Waals surface area contributed by atoms with E-state index in [1.165, 1.54) is 10.4 Å². The molecule has 5 heteroatoms. The van der Waals surface area contributed by atoms with Gasteiger partial charge < -0.3 is 9.84 Å². The highest BCUT2D eigenvalue weighted by atomic mass is 32.1. The second kappa shape index (κ2) is 5.03. The molecule has 0 saturated heterocycles. The monoisotopic (exact) mass is 274 g/mol. The Morgan fingerprint density at radius 2 is 2.11 bits per heavy atom. The molecule has 4 nitrogen and oxygen atoms in total. The molecule has 0 atom stereocenters. The Morgan fingerprint density at radius 3 is 2.79 bits per heavy atom. The van der Waals surface area contributed by atoms with Gasteiger partial charge in [-0.3, -0.25) is 4.40 Å². The van der Waals surface area contributed by atoms with Crippen LogP contribution < -0.4 is 4.74 Å². The van der Waals surface area contributed by atoms with Crippen molar-refractivity contribution < 1.29 is 9.84 Å². The molecule has 3 aromatic rings. The maximum Gasteiger partial charge on any atom is 0.194 e. The van der Waals surface area contributed by atoms with Gasteiger partial charge in [0.25, 0.3) is 0 Å². The molecule has 0 unspecified atom stereocenters. The average molecular weight is 274 g/mol. The second-order valence-electron chi connectivity index (χ2n) is 4.28. The summed E-state index contributed by atoms with van der Waals surface area (Å²) in [6, 6.07) is 8.06. The molecule has 0 aliphatic rings. The summed E-state index contributed by atoms with van der Waals surface area (Å²) in [6.07, 6.45) is 4.62. The van der Waals surface area contributed by atoms with Crippen molar-refractivity contribution in [1.82, 2.24) is 9.38 Å². The van der Waals surface area contributed by atoms with Gasteiger partial charge in [0.2, 0.25) is 0 Å². The van der Waals surface area contributed by atoms with Gasteiger partial charge in [0.05, 0.1) is 25.6 Å². The predicted molar refractivity (Wildman–Crippen MR) is 74.8 cm³/mol. The number of aromatic nitrogens is 2. The van der Waals surface area contributed by atoms with E-state index in [9.17, 15) is 5.11 Å². The minimum atomic E-state index is 0.0138. The molecular weight excluding hydrogens is 260 g/mol. The smallest absolute Gasteiger partial charge is 0.194 e. The average Bonchev–Trinajstić information content (AvgIpc) is 2.99. The zero-order valence-corrected chi connectivity index (χ0v) is 11.4. The van der Waals surface area contributed by atoms with Crippen LogP contribution in [0.25, 0.3) is 4.96 Å². The van der Waals surface area contributed by atoms with Crippen molar-refractivity contribution in [3.63, 3.8) is 0 Å². The first kappa shape index (κ1) is 12.2. The molecule has 2 heterocycles. The van der Waals surface area contributed by atoms with Crippen LogP contribution in [-0.4, -0.2) is 21.6 Å². The summed E-state index contributed by atoms with van der Waals surface area (Å²) >= 11 is 1.65. The van der Waals surface area contributed by atoms with Crippen LogP contribution in [0.15, 0.2) is 36.7 Å².